The van der Waals surface area contributed by atoms with E-state index in [-0.39, 0.29) is 5.91 Å². The molecule has 2 heterocycles. The summed E-state index contributed by atoms with van der Waals surface area (Å²) < 4.78 is 1.76. The fraction of sp³-hybridized carbons (Fsp3) is 0.474. The molecule has 6 nitrogen and oxygen atoms in total. The second-order valence-corrected chi connectivity index (χ2v) is 7.28. The van der Waals surface area contributed by atoms with Crippen molar-refractivity contribution < 1.29 is 9.90 Å². The van der Waals surface area contributed by atoms with Crippen LogP contribution in [0.15, 0.2) is 36.7 Å². The normalized spacial score (nSPS) is 15.0. The Morgan fingerprint density at radius 2 is 2.20 bits per heavy atom. The minimum absolute atomic E-state index is 0.00261. The lowest BCUT2D eigenvalue weighted by Gasteiger charge is -2.33. The van der Waals surface area contributed by atoms with Crippen LogP contribution in [0.3, 0.4) is 0 Å². The van der Waals surface area contributed by atoms with Gasteiger partial charge in [0.05, 0.1) is 5.60 Å². The molecule has 0 atom stereocenters. The first-order chi connectivity index (χ1) is 11.9. The van der Waals surface area contributed by atoms with E-state index in [2.05, 4.69) is 21.4 Å². The van der Waals surface area contributed by atoms with Crippen LogP contribution in [-0.2, 0) is 24.3 Å². The maximum absolute atomic E-state index is 12.2. The van der Waals surface area contributed by atoms with Gasteiger partial charge in [0.15, 0.2) is 0 Å². The van der Waals surface area contributed by atoms with Crippen LogP contribution in [-0.4, -0.2) is 44.4 Å². The Morgan fingerprint density at radius 3 is 2.92 bits per heavy atom. The number of aromatic nitrogens is 2. The minimum atomic E-state index is -0.699. The van der Waals surface area contributed by atoms with Crippen LogP contribution >= 0.6 is 0 Å². The molecule has 1 aromatic carbocycles. The zero-order valence-corrected chi connectivity index (χ0v) is 14.9. The number of carbonyl (C=O) groups is 1. The summed E-state index contributed by atoms with van der Waals surface area (Å²) in [5, 5.41) is 17.2. The highest BCUT2D eigenvalue weighted by atomic mass is 16.3. The van der Waals surface area contributed by atoms with Crippen molar-refractivity contribution in [3.63, 3.8) is 0 Å². The van der Waals surface area contributed by atoms with Crippen molar-refractivity contribution in [2.45, 2.75) is 45.4 Å². The molecule has 0 fully saturated rings. The van der Waals surface area contributed by atoms with E-state index in [0.717, 1.165) is 25.2 Å². The van der Waals surface area contributed by atoms with Crippen molar-refractivity contribution in [3.05, 3.63) is 47.8 Å². The molecule has 0 bridgehead atoms. The fourth-order valence-corrected chi connectivity index (χ4v) is 3.33. The van der Waals surface area contributed by atoms with Crippen LogP contribution in [0.25, 0.3) is 0 Å². The number of aliphatic hydroxyl groups is 1. The molecular weight excluding hydrogens is 316 g/mol. The van der Waals surface area contributed by atoms with Gasteiger partial charge in [-0.05, 0) is 43.5 Å². The third-order valence-electron chi connectivity index (χ3n) is 4.36. The van der Waals surface area contributed by atoms with Gasteiger partial charge >= 0.3 is 0 Å². The average molecular weight is 342 g/mol. The Balaban J connectivity index is 1.62. The standard InChI is InChI=1S/C19H26N4O2/c1-19(2,25)14-22-11-7-16-15(13-22)5-3-6-17(16)21-18(24)8-12-23-10-4-9-20-23/h3-6,9-10,25H,7-8,11-14H2,1-2H3,(H,21,24). The van der Waals surface area contributed by atoms with Crippen LogP contribution in [0.4, 0.5) is 5.69 Å². The fourth-order valence-electron chi connectivity index (χ4n) is 3.33. The van der Waals surface area contributed by atoms with Gasteiger partial charge in [0.25, 0.3) is 0 Å². The molecule has 1 aromatic heterocycles. The maximum Gasteiger partial charge on any atom is 0.226 e. The highest BCUT2D eigenvalue weighted by Crippen LogP contribution is 2.27. The monoisotopic (exact) mass is 342 g/mol. The number of hydrogen-bond acceptors (Lipinski definition) is 4. The lowest BCUT2D eigenvalue weighted by atomic mass is 9.96. The first-order valence-corrected chi connectivity index (χ1v) is 8.73. The van der Waals surface area contributed by atoms with Gasteiger partial charge in [-0.15, -0.1) is 0 Å². The Bertz CT molecular complexity index is 720. The van der Waals surface area contributed by atoms with E-state index in [1.807, 2.05) is 38.2 Å². The molecule has 0 spiro atoms. The lowest BCUT2D eigenvalue weighted by Crippen LogP contribution is -2.41. The topological polar surface area (TPSA) is 70.4 Å². The number of anilines is 1. The molecule has 0 radical (unpaired) electrons. The Hall–Kier alpha value is -2.18. The van der Waals surface area contributed by atoms with Crippen molar-refractivity contribution in [1.82, 2.24) is 14.7 Å². The van der Waals surface area contributed by atoms with Crippen molar-refractivity contribution in [3.8, 4) is 0 Å². The van der Waals surface area contributed by atoms with Gasteiger partial charge in [-0.2, -0.15) is 5.10 Å². The van der Waals surface area contributed by atoms with Crippen molar-refractivity contribution in [1.29, 1.82) is 0 Å². The van der Waals surface area contributed by atoms with Crippen molar-refractivity contribution in [2.75, 3.05) is 18.4 Å². The van der Waals surface area contributed by atoms with Gasteiger partial charge in [-0.25, -0.2) is 0 Å². The summed E-state index contributed by atoms with van der Waals surface area (Å²) in [5.41, 5.74) is 2.64. The van der Waals surface area contributed by atoms with E-state index in [9.17, 15) is 9.90 Å². The largest absolute Gasteiger partial charge is 0.389 e. The first-order valence-electron chi connectivity index (χ1n) is 8.73. The molecule has 0 unspecified atom stereocenters. The van der Waals surface area contributed by atoms with E-state index in [4.69, 9.17) is 0 Å². The number of nitrogens with zero attached hydrogens (tertiary/aromatic N) is 3. The third-order valence-corrected chi connectivity index (χ3v) is 4.36. The molecule has 1 aliphatic heterocycles. The number of rotatable bonds is 6. The number of aryl methyl sites for hydroxylation is 1. The number of hydrogen-bond donors (Lipinski definition) is 2. The molecule has 2 aromatic rings. The summed E-state index contributed by atoms with van der Waals surface area (Å²) in [6, 6.07) is 7.90. The Kier molecular flexibility index (Phi) is 5.20. The predicted octanol–water partition coefficient (Wildman–Crippen LogP) is 2.04. The lowest BCUT2D eigenvalue weighted by molar-refractivity contribution is -0.116. The van der Waals surface area contributed by atoms with Crippen LogP contribution in [0.2, 0.25) is 0 Å². The average Bonchev–Trinajstić information content (AvgIpc) is 3.05. The number of carbonyl (C=O) groups excluding carboxylic acids is 1. The Morgan fingerprint density at radius 1 is 1.36 bits per heavy atom. The summed E-state index contributed by atoms with van der Waals surface area (Å²) in [6.45, 7) is 6.57. The zero-order valence-electron chi connectivity index (χ0n) is 14.9. The molecule has 0 saturated carbocycles. The van der Waals surface area contributed by atoms with Gasteiger partial charge in [-0.3, -0.25) is 14.4 Å². The smallest absolute Gasteiger partial charge is 0.226 e. The van der Waals surface area contributed by atoms with Gasteiger partial charge in [0, 0.05) is 50.7 Å². The maximum atomic E-state index is 12.2. The summed E-state index contributed by atoms with van der Waals surface area (Å²) >= 11 is 0. The zero-order chi connectivity index (χ0) is 17.9. The molecule has 0 saturated heterocycles. The molecule has 134 valence electrons. The molecule has 1 amide bonds. The summed E-state index contributed by atoms with van der Waals surface area (Å²) in [4.78, 5) is 14.5. The molecular formula is C19H26N4O2. The number of benzene rings is 1. The Labute approximate surface area is 148 Å². The molecule has 6 heteroatoms. The van der Waals surface area contributed by atoms with Gasteiger partial charge in [0.1, 0.15) is 0 Å². The first kappa shape index (κ1) is 17.6. The molecule has 25 heavy (non-hydrogen) atoms. The third kappa shape index (κ3) is 4.90. The van der Waals surface area contributed by atoms with Gasteiger partial charge in [0.2, 0.25) is 5.91 Å². The summed E-state index contributed by atoms with van der Waals surface area (Å²) in [5.74, 6) is 0.00261. The number of nitrogens with one attached hydrogen (secondary N) is 1. The SMILES string of the molecule is CC(C)(O)CN1CCc2c(cccc2NC(=O)CCn2cccn2)C1. The minimum Gasteiger partial charge on any atom is -0.389 e. The van der Waals surface area contributed by atoms with Crippen LogP contribution in [0, 0.1) is 0 Å². The van der Waals surface area contributed by atoms with Crippen LogP contribution < -0.4 is 5.32 Å². The number of β-amino-alcohol motifs (C(OH)–C–C–N with tert-alkyl or cyclic N) is 1. The van der Waals surface area contributed by atoms with E-state index >= 15 is 0 Å². The number of amides is 1. The van der Waals surface area contributed by atoms with Crippen molar-refractivity contribution >= 4 is 11.6 Å². The van der Waals surface area contributed by atoms with E-state index in [0.29, 0.717) is 19.5 Å². The van der Waals surface area contributed by atoms with Gasteiger partial charge < -0.3 is 10.4 Å². The van der Waals surface area contributed by atoms with Gasteiger partial charge in [-0.1, -0.05) is 12.1 Å². The molecule has 0 aliphatic carbocycles. The summed E-state index contributed by atoms with van der Waals surface area (Å²) in [7, 11) is 0. The second-order valence-electron chi connectivity index (χ2n) is 7.28. The van der Waals surface area contributed by atoms with E-state index in [1.54, 1.807) is 10.9 Å². The second kappa shape index (κ2) is 7.37. The van der Waals surface area contributed by atoms with Crippen molar-refractivity contribution in [2.24, 2.45) is 0 Å². The van der Waals surface area contributed by atoms with E-state index < -0.39 is 5.60 Å². The number of fused-ring (bicyclic) bond motifs is 1. The molecule has 3 rings (SSSR count). The highest BCUT2D eigenvalue weighted by molar-refractivity contribution is 5.91. The summed E-state index contributed by atoms with van der Waals surface area (Å²) in [6.07, 6.45) is 4.84. The molecule has 2 N–H and O–H groups in total. The molecule has 1 aliphatic rings. The van der Waals surface area contributed by atoms with E-state index in [1.165, 1.54) is 11.1 Å². The quantitative estimate of drug-likeness (QED) is 0.843. The van der Waals surface area contributed by atoms with Crippen LogP contribution in [0.5, 0.6) is 0 Å². The highest BCUT2D eigenvalue weighted by Gasteiger charge is 2.24. The predicted molar refractivity (Wildman–Crippen MR) is 97.2 cm³/mol. The van der Waals surface area contributed by atoms with Crippen LogP contribution in [0.1, 0.15) is 31.4 Å².